The number of halogens is 3. The van der Waals surface area contributed by atoms with Gasteiger partial charge in [0.25, 0.3) is 10.1 Å². The molecule has 10 heteroatoms. The molecule has 0 spiro atoms. The monoisotopic (exact) mass is 425 g/mol. The summed E-state index contributed by atoms with van der Waals surface area (Å²) in [5.41, 5.74) is -7.09. The van der Waals surface area contributed by atoms with Crippen molar-refractivity contribution in [3.63, 3.8) is 0 Å². The number of ether oxygens (including phenoxy) is 1. The Bertz CT molecular complexity index is 1560. The van der Waals surface area contributed by atoms with Crippen LogP contribution in [0.4, 0.5) is 13.2 Å². The number of carbonyl (C=O) groups is 1. The standard InChI is InChI=1S/C18H14F3NO5S/c19-18(20,21)12-8-6-10(7-9-12)15-14(23)13(17(22)27-15)16(28(24,25)26)11-4-2-1-3-5-11/h1-9,15-16H,22H2,(H,24,25,26)/i1D,2D,3D,4D,5D,6D,7D,8D,9D,15D/hD2. The van der Waals surface area contributed by atoms with E-state index in [4.69, 9.17) is 21.3 Å². The van der Waals surface area contributed by atoms with Crippen LogP contribution < -0.4 is 5.72 Å². The van der Waals surface area contributed by atoms with Gasteiger partial charge < -0.3 is 10.5 Å². The van der Waals surface area contributed by atoms with E-state index in [0.29, 0.717) is 0 Å². The first-order chi connectivity index (χ1) is 18.0. The molecule has 0 saturated carbocycles. The van der Waals surface area contributed by atoms with Crippen LogP contribution in [0.5, 0.6) is 0 Å². The Hall–Kier alpha value is -2.85. The lowest BCUT2D eigenvalue weighted by Crippen LogP contribution is -2.21. The minimum atomic E-state index is -5.81. The number of hydrogen-bond donors (Lipinski definition) is 2. The van der Waals surface area contributed by atoms with Crippen LogP contribution in [-0.4, -0.2) is 18.8 Å². The molecule has 0 fully saturated rings. The number of alkyl halides is 3. The normalized spacial score (nSPS) is 27.4. The molecular formula is C18H14F3NO5S. The number of hydrogen-bond acceptors (Lipinski definition) is 5. The Labute approximate surface area is 175 Å². The highest BCUT2D eigenvalue weighted by Crippen LogP contribution is 2.41. The maximum Gasteiger partial charge on any atom is 0.416 e. The molecule has 2 atom stereocenters. The van der Waals surface area contributed by atoms with Crippen molar-refractivity contribution in [3.05, 3.63) is 82.5 Å². The van der Waals surface area contributed by atoms with Gasteiger partial charge in [-0.25, -0.2) is 0 Å². The minimum Gasteiger partial charge on any atom is -0.463 e. The van der Waals surface area contributed by atoms with Gasteiger partial charge >= 0.3 is 6.18 Å². The van der Waals surface area contributed by atoms with Gasteiger partial charge in [-0.2, -0.15) is 21.6 Å². The number of benzene rings is 2. The van der Waals surface area contributed by atoms with Gasteiger partial charge in [-0.05, 0) is 17.6 Å². The highest BCUT2D eigenvalue weighted by molar-refractivity contribution is 7.86. The second-order valence-electron chi connectivity index (χ2n) is 5.16. The second-order valence-corrected chi connectivity index (χ2v) is 6.66. The lowest BCUT2D eigenvalue weighted by Gasteiger charge is -2.15. The summed E-state index contributed by atoms with van der Waals surface area (Å²) in [6, 6.07) is -12.7. The summed E-state index contributed by atoms with van der Waals surface area (Å²) in [5, 5.41) is -3.04. The lowest BCUT2D eigenvalue weighted by molar-refractivity contribution is -0.137. The van der Waals surface area contributed by atoms with Crippen LogP contribution in [-0.2, 0) is 25.8 Å². The van der Waals surface area contributed by atoms with Gasteiger partial charge in [0.2, 0.25) is 5.78 Å². The molecule has 0 aromatic heterocycles. The molecule has 1 aliphatic rings. The van der Waals surface area contributed by atoms with Crippen LogP contribution in [0.3, 0.4) is 0 Å². The Kier molecular flexibility index (Phi) is 2.38. The molecule has 3 N–H and O–H groups in total. The number of rotatable bonds is 5. The molecule has 6 nitrogen and oxygen atoms in total. The largest absolute Gasteiger partial charge is 0.463 e. The summed E-state index contributed by atoms with van der Waals surface area (Å²) < 4.78 is 174. The van der Waals surface area contributed by atoms with E-state index in [2.05, 4.69) is 0 Å². The number of Topliss-reactive ketones (excluding diaryl/α,β-unsaturated/α-hetero) is 1. The van der Waals surface area contributed by atoms with Crippen molar-refractivity contribution in [2.75, 3.05) is 0 Å². The van der Waals surface area contributed by atoms with Gasteiger partial charge in [-0.3, -0.25) is 9.35 Å². The van der Waals surface area contributed by atoms with E-state index in [1.165, 1.54) is 0 Å². The van der Waals surface area contributed by atoms with Crippen LogP contribution in [0.2, 0.25) is 2.82 Å². The van der Waals surface area contributed by atoms with Crippen molar-refractivity contribution in [1.82, 2.24) is 0 Å². The molecule has 0 saturated heterocycles. The zero-order chi connectivity index (χ0) is 31.0. The maximum absolute atomic E-state index is 13.6. The fraction of sp³-hybridized carbons (Fsp3) is 0.167. The SMILES string of the molecule is [2H]c1c([2H])c([2H])c(C(C2=C(N([2H])[2H])OC([2H])(c3c([2H])c([2H])c(C(F)(F)F)c([2H])c3[2H])C2=O)S(=O)(=O)O)c([2H])c1[2H]. The summed E-state index contributed by atoms with van der Waals surface area (Å²) in [5.74, 6) is -3.60. The molecule has 2 unspecified atom stereocenters. The predicted octanol–water partition coefficient (Wildman–Crippen LogP) is 3.15. The van der Waals surface area contributed by atoms with Crippen LogP contribution >= 0.6 is 0 Å². The van der Waals surface area contributed by atoms with E-state index in [-0.39, 0.29) is 0 Å². The Morgan fingerprint density at radius 3 is 2.29 bits per heavy atom. The zero-order valence-corrected chi connectivity index (χ0v) is 14.0. The molecule has 0 amide bonds. The molecular weight excluding hydrogens is 399 g/mol. The third kappa shape index (κ3) is 3.73. The Morgan fingerprint density at radius 2 is 1.79 bits per heavy atom. The molecule has 1 heterocycles. The first-order valence-corrected chi connectivity index (χ1v) is 8.49. The molecule has 0 radical (unpaired) electrons. The molecule has 1 aliphatic heterocycles. The average molecular weight is 425 g/mol. The van der Waals surface area contributed by atoms with Crippen LogP contribution in [0.15, 0.2) is 65.8 Å². The van der Waals surface area contributed by atoms with E-state index in [9.17, 15) is 30.9 Å². The van der Waals surface area contributed by atoms with Crippen molar-refractivity contribution in [1.29, 1.82) is 0 Å². The average Bonchev–Trinajstić information content (AvgIpc) is 3.07. The molecule has 3 rings (SSSR count). The second kappa shape index (κ2) is 6.95. The number of carbonyl (C=O) groups excluding carboxylic acids is 1. The summed E-state index contributed by atoms with van der Waals surface area (Å²) in [4.78, 5) is 13.6. The Balaban J connectivity index is 2.44. The van der Waals surface area contributed by atoms with E-state index in [1.807, 2.05) is 0 Å². The van der Waals surface area contributed by atoms with E-state index >= 15 is 0 Å². The van der Waals surface area contributed by atoms with Crippen molar-refractivity contribution in [3.8, 4) is 0 Å². The highest BCUT2D eigenvalue weighted by atomic mass is 32.2. The lowest BCUT2D eigenvalue weighted by atomic mass is 9.96. The van der Waals surface area contributed by atoms with Crippen molar-refractivity contribution < 1.29 is 52.2 Å². The molecule has 0 bridgehead atoms. The van der Waals surface area contributed by atoms with Gasteiger partial charge in [0.15, 0.2) is 14.8 Å². The molecule has 0 aliphatic carbocycles. The molecule has 2 aromatic rings. The van der Waals surface area contributed by atoms with Crippen LogP contribution in [0.1, 0.15) is 41.7 Å². The molecule has 2 aromatic carbocycles. The summed E-state index contributed by atoms with van der Waals surface area (Å²) in [7, 11) is -5.81. The van der Waals surface area contributed by atoms with E-state index in [0.717, 1.165) is 0 Å². The fourth-order valence-electron chi connectivity index (χ4n) is 2.21. The van der Waals surface area contributed by atoms with Crippen LogP contribution in [0.25, 0.3) is 0 Å². The topological polar surface area (TPSA) is 107 Å². The zero-order valence-electron chi connectivity index (χ0n) is 25.1. The van der Waals surface area contributed by atoms with Gasteiger partial charge in [0.05, 0.1) is 24.8 Å². The first-order valence-electron chi connectivity index (χ1n) is 12.9. The number of ketones is 1. The first kappa shape index (κ1) is 9.57. The van der Waals surface area contributed by atoms with Gasteiger partial charge in [-0.15, -0.1) is 0 Å². The predicted molar refractivity (Wildman–Crippen MR) is 92.2 cm³/mol. The smallest absolute Gasteiger partial charge is 0.416 e. The van der Waals surface area contributed by atoms with Gasteiger partial charge in [0.1, 0.15) is 5.25 Å². The minimum absolute atomic E-state index is 0.641. The maximum atomic E-state index is 13.6. The van der Waals surface area contributed by atoms with Gasteiger partial charge in [-0.1, -0.05) is 42.3 Å². The summed E-state index contributed by atoms with van der Waals surface area (Å²) in [6.45, 7) is 0. The third-order valence-corrected chi connectivity index (χ3v) is 4.42. The third-order valence-electron chi connectivity index (χ3n) is 3.36. The molecule has 28 heavy (non-hydrogen) atoms. The molecule has 148 valence electrons. The van der Waals surface area contributed by atoms with Crippen molar-refractivity contribution in [2.45, 2.75) is 17.5 Å². The summed E-state index contributed by atoms with van der Waals surface area (Å²) >= 11 is 0. The Morgan fingerprint density at radius 1 is 1.18 bits per heavy atom. The van der Waals surface area contributed by atoms with Crippen molar-refractivity contribution >= 4 is 15.9 Å². The quantitative estimate of drug-likeness (QED) is 0.713. The summed E-state index contributed by atoms with van der Waals surface area (Å²) in [6.07, 6.45) is -9.13. The van der Waals surface area contributed by atoms with Crippen LogP contribution in [0, 0.1) is 0 Å². The highest BCUT2D eigenvalue weighted by Gasteiger charge is 2.44. The van der Waals surface area contributed by atoms with E-state index in [1.54, 1.807) is 0 Å². The van der Waals surface area contributed by atoms with E-state index < -0.39 is 122 Å². The fourth-order valence-corrected chi connectivity index (χ4v) is 3.14. The van der Waals surface area contributed by atoms with Gasteiger partial charge in [0, 0.05) is 5.56 Å². The number of nitrogens with two attached hydrogens (primary N) is 1. The van der Waals surface area contributed by atoms with Crippen molar-refractivity contribution in [2.24, 2.45) is 5.72 Å².